The van der Waals surface area contributed by atoms with E-state index in [2.05, 4.69) is 4.98 Å². The average Bonchev–Trinajstić information content (AvgIpc) is 3.59. The van der Waals surface area contributed by atoms with Gasteiger partial charge in [0.2, 0.25) is 0 Å². The lowest BCUT2D eigenvalue weighted by atomic mass is 9.77. The summed E-state index contributed by atoms with van der Waals surface area (Å²) in [6.45, 7) is 0. The molecule has 1 aliphatic carbocycles. The highest BCUT2D eigenvalue weighted by molar-refractivity contribution is 8.05. The molecule has 188 valence electrons. The van der Waals surface area contributed by atoms with Gasteiger partial charge in [0.15, 0.2) is 4.34 Å². The number of hydrogen-bond donors (Lipinski definition) is 1. The van der Waals surface area contributed by atoms with Gasteiger partial charge < -0.3 is 14.6 Å². The van der Waals surface area contributed by atoms with Gasteiger partial charge in [0.05, 0.1) is 17.8 Å². The number of ether oxygens (including phenoxy) is 2. The second-order valence-corrected chi connectivity index (χ2v) is 11.8. The van der Waals surface area contributed by atoms with Crippen molar-refractivity contribution in [3.63, 3.8) is 0 Å². The van der Waals surface area contributed by atoms with E-state index in [0.29, 0.717) is 34.4 Å². The van der Waals surface area contributed by atoms with Gasteiger partial charge in [0.25, 0.3) is 0 Å². The van der Waals surface area contributed by atoms with Crippen LogP contribution in [0, 0.1) is 5.92 Å². The van der Waals surface area contributed by atoms with E-state index in [1.807, 2.05) is 53.9 Å². The SMILES string of the molecule is COc1ccc(CCC2(C3CCCC3)CC(O)=C(Sc3nc(-c4ccccc4)cs3)C(=O)O2)cc1Cl. The molecule has 1 atom stereocenters. The lowest BCUT2D eigenvalue weighted by Gasteiger charge is -2.41. The zero-order valence-corrected chi connectivity index (χ0v) is 22.4. The van der Waals surface area contributed by atoms with Crippen molar-refractivity contribution < 1.29 is 19.4 Å². The molecule has 1 unspecified atom stereocenters. The zero-order chi connectivity index (χ0) is 25.1. The summed E-state index contributed by atoms with van der Waals surface area (Å²) in [6, 6.07) is 15.7. The van der Waals surface area contributed by atoms with Crippen LogP contribution in [0.3, 0.4) is 0 Å². The average molecular weight is 542 g/mol. The van der Waals surface area contributed by atoms with Crippen LogP contribution >= 0.6 is 34.7 Å². The van der Waals surface area contributed by atoms with E-state index >= 15 is 0 Å². The van der Waals surface area contributed by atoms with Crippen molar-refractivity contribution in [1.82, 2.24) is 4.98 Å². The molecule has 5 nitrogen and oxygen atoms in total. The molecule has 1 N–H and O–H groups in total. The largest absolute Gasteiger partial charge is 0.511 e. The van der Waals surface area contributed by atoms with E-state index in [9.17, 15) is 9.90 Å². The molecule has 0 radical (unpaired) electrons. The number of esters is 1. The molecule has 2 heterocycles. The Morgan fingerprint density at radius 1 is 1.22 bits per heavy atom. The van der Waals surface area contributed by atoms with Crippen LogP contribution in [0.2, 0.25) is 5.02 Å². The molecule has 5 rings (SSSR count). The fraction of sp³-hybridized carbons (Fsp3) is 0.357. The third-order valence-corrected chi connectivity index (χ3v) is 9.44. The number of rotatable bonds is 8. The number of hydrogen-bond acceptors (Lipinski definition) is 7. The number of thiazole rings is 1. The van der Waals surface area contributed by atoms with Gasteiger partial charge >= 0.3 is 5.97 Å². The number of halogens is 1. The molecule has 1 aromatic heterocycles. The van der Waals surface area contributed by atoms with E-state index in [4.69, 9.17) is 21.1 Å². The molecule has 0 bridgehead atoms. The normalized spacial score (nSPS) is 20.6. The minimum Gasteiger partial charge on any atom is -0.511 e. The molecule has 1 fully saturated rings. The van der Waals surface area contributed by atoms with Gasteiger partial charge in [-0.15, -0.1) is 11.3 Å². The Morgan fingerprint density at radius 2 is 2.00 bits per heavy atom. The molecule has 0 saturated heterocycles. The molecular weight excluding hydrogens is 514 g/mol. The second kappa shape index (κ2) is 10.9. The van der Waals surface area contributed by atoms with Gasteiger partial charge in [-0.3, -0.25) is 0 Å². The molecule has 36 heavy (non-hydrogen) atoms. The Balaban J connectivity index is 1.36. The summed E-state index contributed by atoms with van der Waals surface area (Å²) in [6.07, 6.45) is 5.88. The lowest BCUT2D eigenvalue weighted by molar-refractivity contribution is -0.166. The zero-order valence-electron chi connectivity index (χ0n) is 20.0. The summed E-state index contributed by atoms with van der Waals surface area (Å²) in [7, 11) is 1.59. The second-order valence-electron chi connectivity index (χ2n) is 9.32. The van der Waals surface area contributed by atoms with Gasteiger partial charge in [0.1, 0.15) is 22.0 Å². The Labute approximate surface area is 224 Å². The third-order valence-electron chi connectivity index (χ3n) is 7.10. The number of aromatic nitrogens is 1. The number of aliphatic hydroxyl groups excluding tert-OH is 1. The number of aryl methyl sites for hydroxylation is 1. The molecule has 2 aromatic carbocycles. The summed E-state index contributed by atoms with van der Waals surface area (Å²) in [5.41, 5.74) is 2.20. The van der Waals surface area contributed by atoms with Crippen molar-refractivity contribution in [3.05, 3.63) is 75.2 Å². The number of cyclic esters (lactones) is 1. The van der Waals surface area contributed by atoms with E-state index in [1.54, 1.807) is 7.11 Å². The molecule has 2 aliphatic rings. The fourth-order valence-corrected chi connectivity index (χ4v) is 7.28. The number of carbonyl (C=O) groups is 1. The van der Waals surface area contributed by atoms with Gasteiger partial charge in [-0.05, 0) is 61.1 Å². The van der Waals surface area contributed by atoms with Gasteiger partial charge in [-0.25, -0.2) is 9.78 Å². The molecule has 1 saturated carbocycles. The van der Waals surface area contributed by atoms with Gasteiger partial charge in [0, 0.05) is 17.4 Å². The maximum atomic E-state index is 13.3. The van der Waals surface area contributed by atoms with Crippen LogP contribution in [-0.4, -0.2) is 28.8 Å². The third kappa shape index (κ3) is 5.29. The molecule has 8 heteroatoms. The van der Waals surface area contributed by atoms with Crippen LogP contribution in [0.1, 0.15) is 44.1 Å². The Hall–Kier alpha value is -2.48. The van der Waals surface area contributed by atoms with Crippen molar-refractivity contribution in [2.75, 3.05) is 7.11 Å². The minimum absolute atomic E-state index is 0.104. The summed E-state index contributed by atoms with van der Waals surface area (Å²) < 4.78 is 12.2. The highest BCUT2D eigenvalue weighted by Crippen LogP contribution is 2.48. The maximum absolute atomic E-state index is 13.3. The van der Waals surface area contributed by atoms with E-state index in [-0.39, 0.29) is 16.6 Å². The van der Waals surface area contributed by atoms with Crippen LogP contribution < -0.4 is 4.74 Å². The summed E-state index contributed by atoms with van der Waals surface area (Å²) in [4.78, 5) is 18.2. The van der Waals surface area contributed by atoms with E-state index in [0.717, 1.165) is 42.5 Å². The molecular formula is C28H28ClNO4S2. The Kier molecular flexibility index (Phi) is 7.60. The van der Waals surface area contributed by atoms with Crippen LogP contribution in [-0.2, 0) is 16.0 Å². The first-order chi connectivity index (χ1) is 17.5. The van der Waals surface area contributed by atoms with Gasteiger partial charge in [-0.2, -0.15) is 0 Å². The monoisotopic (exact) mass is 541 g/mol. The highest BCUT2D eigenvalue weighted by Gasteiger charge is 2.48. The van der Waals surface area contributed by atoms with Crippen LogP contribution in [0.15, 0.2) is 68.9 Å². The first-order valence-corrected chi connectivity index (χ1v) is 14.2. The highest BCUT2D eigenvalue weighted by atomic mass is 35.5. The smallest absolute Gasteiger partial charge is 0.349 e. The van der Waals surface area contributed by atoms with E-state index < -0.39 is 11.6 Å². The van der Waals surface area contributed by atoms with Crippen molar-refractivity contribution in [2.24, 2.45) is 5.92 Å². The number of nitrogens with zero attached hydrogens (tertiary/aromatic N) is 1. The summed E-state index contributed by atoms with van der Waals surface area (Å²) >= 11 is 8.98. The van der Waals surface area contributed by atoms with Crippen molar-refractivity contribution in [2.45, 2.75) is 54.9 Å². The number of thioether (sulfide) groups is 1. The predicted octanol–water partition coefficient (Wildman–Crippen LogP) is 7.84. The number of aliphatic hydroxyl groups is 1. The first kappa shape index (κ1) is 25.2. The number of methoxy groups -OCH3 is 1. The molecule has 0 amide bonds. The predicted molar refractivity (Wildman–Crippen MR) is 145 cm³/mol. The van der Waals surface area contributed by atoms with Crippen molar-refractivity contribution >= 4 is 40.7 Å². The van der Waals surface area contributed by atoms with Crippen LogP contribution in [0.4, 0.5) is 0 Å². The Morgan fingerprint density at radius 3 is 2.69 bits per heavy atom. The maximum Gasteiger partial charge on any atom is 0.349 e. The molecule has 1 aliphatic heterocycles. The topological polar surface area (TPSA) is 68.7 Å². The number of benzene rings is 2. The van der Waals surface area contributed by atoms with Crippen molar-refractivity contribution in [1.29, 1.82) is 0 Å². The molecule has 3 aromatic rings. The summed E-state index contributed by atoms with van der Waals surface area (Å²) in [5, 5.41) is 13.7. The lowest BCUT2D eigenvalue weighted by Crippen LogP contribution is -2.45. The van der Waals surface area contributed by atoms with Crippen LogP contribution in [0.25, 0.3) is 11.3 Å². The van der Waals surface area contributed by atoms with E-state index in [1.165, 1.54) is 23.1 Å². The van der Waals surface area contributed by atoms with Crippen molar-refractivity contribution in [3.8, 4) is 17.0 Å². The quantitative estimate of drug-likeness (QED) is 0.293. The fourth-order valence-electron chi connectivity index (χ4n) is 5.23. The standard InChI is InChI=1S/C28H28ClNO4S2/c1-33-24-12-11-18(15-21(24)29)13-14-28(20-9-5-6-10-20)16-23(31)25(26(32)34-28)36-27-30-22(17-35-27)19-7-3-2-4-8-19/h2-4,7-8,11-12,15,17,20,31H,5-6,9-10,13-14,16H2,1H3. The first-order valence-electron chi connectivity index (χ1n) is 12.1. The number of carbonyl (C=O) groups excluding carboxylic acids is 1. The molecule has 0 spiro atoms. The summed E-state index contributed by atoms with van der Waals surface area (Å²) in [5.74, 6) is 0.510. The van der Waals surface area contributed by atoms with Crippen LogP contribution in [0.5, 0.6) is 5.75 Å². The Bertz CT molecular complexity index is 1270. The minimum atomic E-state index is -0.716. The van der Waals surface area contributed by atoms with Gasteiger partial charge in [-0.1, -0.05) is 60.8 Å².